The van der Waals surface area contributed by atoms with Gasteiger partial charge in [-0.2, -0.15) is 5.10 Å². The first-order valence-corrected chi connectivity index (χ1v) is 6.63. The van der Waals surface area contributed by atoms with Crippen LogP contribution in [0, 0.1) is 5.41 Å². The molecule has 0 aliphatic carbocycles. The van der Waals surface area contributed by atoms with Gasteiger partial charge in [0, 0.05) is 32.3 Å². The lowest BCUT2D eigenvalue weighted by Crippen LogP contribution is -2.47. The summed E-state index contributed by atoms with van der Waals surface area (Å²) in [5.41, 5.74) is 0.635. The van der Waals surface area contributed by atoms with Crippen molar-refractivity contribution in [2.45, 2.75) is 12.8 Å². The molecule has 1 aromatic rings. The minimum atomic E-state index is -0.0750. The first-order valence-electron chi connectivity index (χ1n) is 6.63. The summed E-state index contributed by atoms with van der Waals surface area (Å²) in [5.74, 6) is -0.0750. The van der Waals surface area contributed by atoms with E-state index in [4.69, 9.17) is 4.74 Å². The molecule has 1 fully saturated rings. The summed E-state index contributed by atoms with van der Waals surface area (Å²) >= 11 is 0. The van der Waals surface area contributed by atoms with Crippen LogP contribution in [0.15, 0.2) is 12.3 Å². The van der Waals surface area contributed by atoms with Crippen LogP contribution >= 0.6 is 0 Å². The summed E-state index contributed by atoms with van der Waals surface area (Å²) in [5, 5.41) is 10.4. The molecule has 0 spiro atoms. The molecule has 1 amide bonds. The highest BCUT2D eigenvalue weighted by atomic mass is 16.5. The number of carbonyl (C=O) groups is 1. The van der Waals surface area contributed by atoms with Crippen molar-refractivity contribution in [3.05, 3.63) is 18.0 Å². The zero-order valence-corrected chi connectivity index (χ0v) is 11.6. The molecule has 0 radical (unpaired) electrons. The van der Waals surface area contributed by atoms with Gasteiger partial charge in [0.2, 0.25) is 0 Å². The summed E-state index contributed by atoms with van der Waals surface area (Å²) in [6.45, 7) is 3.28. The van der Waals surface area contributed by atoms with Crippen LogP contribution in [0.1, 0.15) is 23.3 Å². The number of aromatic nitrogens is 2. The molecule has 1 saturated heterocycles. The van der Waals surface area contributed by atoms with E-state index in [-0.39, 0.29) is 11.3 Å². The van der Waals surface area contributed by atoms with Gasteiger partial charge in [-0.05, 0) is 32.0 Å². The minimum Gasteiger partial charge on any atom is -0.384 e. The van der Waals surface area contributed by atoms with Gasteiger partial charge in [0.15, 0.2) is 0 Å². The van der Waals surface area contributed by atoms with Gasteiger partial charge in [-0.3, -0.25) is 9.48 Å². The molecule has 2 N–H and O–H groups in total. The van der Waals surface area contributed by atoms with Gasteiger partial charge in [0.05, 0.1) is 6.61 Å². The quantitative estimate of drug-likeness (QED) is 0.797. The summed E-state index contributed by atoms with van der Waals surface area (Å²) in [6.07, 6.45) is 3.67. The normalized spacial score (nSPS) is 18.2. The fourth-order valence-electron chi connectivity index (χ4n) is 2.59. The second kappa shape index (κ2) is 6.16. The highest BCUT2D eigenvalue weighted by molar-refractivity contribution is 5.92. The Kier molecular flexibility index (Phi) is 4.55. The van der Waals surface area contributed by atoms with E-state index in [1.807, 2.05) is 0 Å². The number of methoxy groups -OCH3 is 1. The molecule has 0 saturated carbocycles. The van der Waals surface area contributed by atoms with E-state index in [1.165, 1.54) is 0 Å². The molecule has 0 bridgehead atoms. The predicted molar refractivity (Wildman–Crippen MR) is 72.0 cm³/mol. The van der Waals surface area contributed by atoms with E-state index >= 15 is 0 Å². The number of piperidine rings is 1. The number of hydrogen-bond acceptors (Lipinski definition) is 4. The topological polar surface area (TPSA) is 68.2 Å². The SMILES string of the molecule is COCC1(CNC(=O)c2ccnn2C)CCNCC1. The molecule has 19 heavy (non-hydrogen) atoms. The van der Waals surface area contributed by atoms with Gasteiger partial charge in [0.1, 0.15) is 5.69 Å². The first kappa shape index (κ1) is 14.0. The highest BCUT2D eigenvalue weighted by Crippen LogP contribution is 2.28. The Morgan fingerprint density at radius 3 is 2.89 bits per heavy atom. The molecule has 0 unspecified atom stereocenters. The Morgan fingerprint density at radius 2 is 2.32 bits per heavy atom. The van der Waals surface area contributed by atoms with Crippen LogP contribution < -0.4 is 10.6 Å². The number of aryl methyl sites for hydroxylation is 1. The Labute approximate surface area is 113 Å². The first-order chi connectivity index (χ1) is 9.17. The van der Waals surface area contributed by atoms with Crippen molar-refractivity contribution >= 4 is 5.91 Å². The number of hydrogen-bond donors (Lipinski definition) is 2. The third kappa shape index (κ3) is 3.33. The molecular weight excluding hydrogens is 244 g/mol. The third-order valence-corrected chi connectivity index (χ3v) is 3.79. The van der Waals surface area contributed by atoms with Crippen LogP contribution in [0.4, 0.5) is 0 Å². The largest absolute Gasteiger partial charge is 0.384 e. The van der Waals surface area contributed by atoms with Crippen LogP contribution in [0.2, 0.25) is 0 Å². The zero-order chi connectivity index (χ0) is 13.7. The molecule has 6 heteroatoms. The van der Waals surface area contributed by atoms with Gasteiger partial charge in [-0.1, -0.05) is 0 Å². The molecule has 106 valence electrons. The molecular formula is C13H22N4O2. The maximum atomic E-state index is 12.1. The smallest absolute Gasteiger partial charge is 0.269 e. The summed E-state index contributed by atoms with van der Waals surface area (Å²) < 4.78 is 6.92. The lowest BCUT2D eigenvalue weighted by molar-refractivity contribution is 0.0510. The third-order valence-electron chi connectivity index (χ3n) is 3.79. The van der Waals surface area contributed by atoms with E-state index < -0.39 is 0 Å². The number of amides is 1. The van der Waals surface area contributed by atoms with E-state index in [9.17, 15) is 4.79 Å². The number of carbonyl (C=O) groups excluding carboxylic acids is 1. The van der Waals surface area contributed by atoms with Crippen LogP contribution in [0.5, 0.6) is 0 Å². The van der Waals surface area contributed by atoms with Gasteiger partial charge >= 0.3 is 0 Å². The van der Waals surface area contributed by atoms with E-state index in [0.29, 0.717) is 18.8 Å². The second-order valence-corrected chi connectivity index (χ2v) is 5.21. The van der Waals surface area contributed by atoms with Gasteiger partial charge < -0.3 is 15.4 Å². The maximum Gasteiger partial charge on any atom is 0.269 e. The number of ether oxygens (including phenoxy) is 1. The second-order valence-electron chi connectivity index (χ2n) is 5.21. The van der Waals surface area contributed by atoms with Crippen LogP contribution in [0.3, 0.4) is 0 Å². The van der Waals surface area contributed by atoms with Crippen molar-refractivity contribution in [1.29, 1.82) is 0 Å². The molecule has 1 aliphatic rings. The summed E-state index contributed by atoms with van der Waals surface area (Å²) in [7, 11) is 3.48. The van der Waals surface area contributed by atoms with Gasteiger partial charge in [-0.25, -0.2) is 0 Å². The van der Waals surface area contributed by atoms with Crippen LogP contribution in [-0.4, -0.2) is 49.0 Å². The fourth-order valence-corrected chi connectivity index (χ4v) is 2.59. The van der Waals surface area contributed by atoms with E-state index in [2.05, 4.69) is 15.7 Å². The summed E-state index contributed by atoms with van der Waals surface area (Å²) in [6, 6.07) is 1.72. The van der Waals surface area contributed by atoms with E-state index in [1.54, 1.807) is 31.1 Å². The molecule has 2 rings (SSSR count). The monoisotopic (exact) mass is 266 g/mol. The maximum absolute atomic E-state index is 12.1. The fraction of sp³-hybridized carbons (Fsp3) is 0.692. The average Bonchev–Trinajstić information content (AvgIpc) is 2.84. The minimum absolute atomic E-state index is 0.0499. The standard InChI is InChI=1S/C13H22N4O2/c1-17-11(3-6-16-17)12(18)15-9-13(10-19-2)4-7-14-8-5-13/h3,6,14H,4-5,7-10H2,1-2H3,(H,15,18). The lowest BCUT2D eigenvalue weighted by Gasteiger charge is -2.37. The van der Waals surface area contributed by atoms with Crippen molar-refractivity contribution in [3.63, 3.8) is 0 Å². The van der Waals surface area contributed by atoms with Crippen LogP contribution in [0.25, 0.3) is 0 Å². The zero-order valence-electron chi connectivity index (χ0n) is 11.6. The molecule has 6 nitrogen and oxygen atoms in total. The van der Waals surface area contributed by atoms with Crippen molar-refractivity contribution < 1.29 is 9.53 Å². The Hall–Kier alpha value is -1.40. The van der Waals surface area contributed by atoms with Gasteiger partial charge in [-0.15, -0.1) is 0 Å². The average molecular weight is 266 g/mol. The molecule has 1 aliphatic heterocycles. The molecule has 2 heterocycles. The highest BCUT2D eigenvalue weighted by Gasteiger charge is 2.32. The molecule has 0 atom stereocenters. The Bertz CT molecular complexity index is 419. The van der Waals surface area contributed by atoms with Gasteiger partial charge in [0.25, 0.3) is 5.91 Å². The Morgan fingerprint density at radius 1 is 1.58 bits per heavy atom. The Balaban J connectivity index is 1.95. The van der Waals surface area contributed by atoms with E-state index in [0.717, 1.165) is 25.9 Å². The number of nitrogens with one attached hydrogen (secondary N) is 2. The molecule has 1 aromatic heterocycles. The van der Waals surface area contributed by atoms with Crippen molar-refractivity contribution in [3.8, 4) is 0 Å². The summed E-state index contributed by atoms with van der Waals surface area (Å²) in [4.78, 5) is 12.1. The van der Waals surface area contributed by atoms with Crippen molar-refractivity contribution in [1.82, 2.24) is 20.4 Å². The molecule has 0 aromatic carbocycles. The van der Waals surface area contributed by atoms with Crippen LogP contribution in [-0.2, 0) is 11.8 Å². The lowest BCUT2D eigenvalue weighted by atomic mass is 9.79. The number of rotatable bonds is 5. The van der Waals surface area contributed by atoms with Crippen molar-refractivity contribution in [2.75, 3.05) is 33.4 Å². The van der Waals surface area contributed by atoms with Crippen molar-refractivity contribution in [2.24, 2.45) is 12.5 Å². The predicted octanol–water partition coefficient (Wildman–Crippen LogP) is 0.166. The number of nitrogens with zero attached hydrogens (tertiary/aromatic N) is 2.